The minimum Gasteiger partial charge on any atom is -0.496 e. The molecule has 2 amide bonds. The number of fused-ring (bicyclic) bond motifs is 1. The number of hydrogen-bond acceptors (Lipinski definition) is 4. The van der Waals surface area contributed by atoms with Crippen molar-refractivity contribution in [2.75, 3.05) is 7.11 Å². The van der Waals surface area contributed by atoms with Crippen LogP contribution in [0.5, 0.6) is 5.75 Å². The Balaban J connectivity index is 1.66. The number of carbonyl (C=O) groups excluding carboxylic acids is 2. The summed E-state index contributed by atoms with van der Waals surface area (Å²) >= 11 is 0. The number of para-hydroxylation sites is 1. The maximum atomic E-state index is 13.1. The number of amides is 2. The first-order valence-corrected chi connectivity index (χ1v) is 13.2. The van der Waals surface area contributed by atoms with Gasteiger partial charge in [-0.25, -0.2) is 0 Å². The minimum absolute atomic E-state index is 0.0359. The fraction of sp³-hybridized carbons (Fsp3) is 0.724. The van der Waals surface area contributed by atoms with Gasteiger partial charge in [0, 0.05) is 30.5 Å². The summed E-state index contributed by atoms with van der Waals surface area (Å²) in [6, 6.07) is 7.73. The molecule has 2 aliphatic rings. The van der Waals surface area contributed by atoms with Gasteiger partial charge in [0.05, 0.1) is 13.2 Å². The lowest BCUT2D eigenvalue weighted by molar-refractivity contribution is -0.144. The van der Waals surface area contributed by atoms with E-state index >= 15 is 0 Å². The van der Waals surface area contributed by atoms with Crippen LogP contribution in [-0.2, 0) is 16.1 Å². The second-order valence-corrected chi connectivity index (χ2v) is 12.5. The third-order valence-electron chi connectivity index (χ3n) is 8.63. The first kappa shape index (κ1) is 27.5. The number of ether oxygens (including phenoxy) is 1. The maximum absolute atomic E-state index is 13.1. The van der Waals surface area contributed by atoms with Gasteiger partial charge < -0.3 is 20.5 Å². The molecule has 6 nitrogen and oxygen atoms in total. The zero-order valence-corrected chi connectivity index (χ0v) is 22.7. The summed E-state index contributed by atoms with van der Waals surface area (Å²) in [4.78, 5) is 25.8. The van der Waals surface area contributed by atoms with E-state index in [1.165, 1.54) is 0 Å². The molecule has 7 atom stereocenters. The average Bonchev–Trinajstić information content (AvgIpc) is 2.78. The van der Waals surface area contributed by atoms with Crippen molar-refractivity contribution >= 4 is 11.8 Å². The van der Waals surface area contributed by atoms with E-state index in [0.29, 0.717) is 13.0 Å². The lowest BCUT2D eigenvalue weighted by Crippen LogP contribution is -2.58. The van der Waals surface area contributed by atoms with Crippen LogP contribution in [-0.4, -0.2) is 36.2 Å². The molecule has 1 aromatic rings. The Morgan fingerprint density at radius 3 is 2.51 bits per heavy atom. The largest absolute Gasteiger partial charge is 0.496 e. The molecule has 3 rings (SSSR count). The highest BCUT2D eigenvalue weighted by atomic mass is 16.5. The van der Waals surface area contributed by atoms with Gasteiger partial charge in [0.1, 0.15) is 5.75 Å². The van der Waals surface area contributed by atoms with Crippen LogP contribution in [0, 0.1) is 34.5 Å². The van der Waals surface area contributed by atoms with Gasteiger partial charge >= 0.3 is 0 Å². The smallest absolute Gasteiger partial charge is 0.223 e. The second-order valence-electron chi connectivity index (χ2n) is 12.5. The quantitative estimate of drug-likeness (QED) is 0.522. The highest BCUT2D eigenvalue weighted by Gasteiger charge is 2.53. The van der Waals surface area contributed by atoms with Crippen molar-refractivity contribution in [2.45, 2.75) is 92.3 Å². The third kappa shape index (κ3) is 6.38. The summed E-state index contributed by atoms with van der Waals surface area (Å²) in [7, 11) is 1.63. The third-order valence-corrected chi connectivity index (χ3v) is 8.63. The molecule has 0 spiro atoms. The zero-order chi connectivity index (χ0) is 26.0. The molecule has 196 valence electrons. The van der Waals surface area contributed by atoms with Crippen molar-refractivity contribution in [1.82, 2.24) is 10.6 Å². The number of aliphatic hydroxyl groups is 1. The molecule has 6 heteroatoms. The highest BCUT2D eigenvalue weighted by Crippen LogP contribution is 2.55. The predicted molar refractivity (Wildman–Crippen MR) is 139 cm³/mol. The van der Waals surface area contributed by atoms with Gasteiger partial charge in [0.25, 0.3) is 0 Å². The Hall–Kier alpha value is -2.08. The monoisotopic (exact) mass is 486 g/mol. The van der Waals surface area contributed by atoms with Crippen LogP contribution >= 0.6 is 0 Å². The van der Waals surface area contributed by atoms with Gasteiger partial charge in [-0.2, -0.15) is 0 Å². The van der Waals surface area contributed by atoms with Crippen LogP contribution < -0.4 is 15.4 Å². The van der Waals surface area contributed by atoms with E-state index < -0.39 is 6.10 Å². The molecule has 0 bridgehead atoms. The fourth-order valence-electron chi connectivity index (χ4n) is 6.62. The summed E-state index contributed by atoms with van der Waals surface area (Å²) in [5.74, 6) is 0.610. The number of rotatable bonds is 7. The van der Waals surface area contributed by atoms with E-state index in [1.54, 1.807) is 7.11 Å². The van der Waals surface area contributed by atoms with Gasteiger partial charge in [0.15, 0.2) is 0 Å². The van der Waals surface area contributed by atoms with Gasteiger partial charge in [-0.15, -0.1) is 0 Å². The van der Waals surface area contributed by atoms with E-state index in [4.69, 9.17) is 4.74 Å². The van der Waals surface area contributed by atoms with Crippen LogP contribution in [0.3, 0.4) is 0 Å². The van der Waals surface area contributed by atoms with E-state index in [0.717, 1.165) is 37.0 Å². The molecule has 0 aliphatic heterocycles. The molecule has 0 radical (unpaired) electrons. The van der Waals surface area contributed by atoms with Crippen molar-refractivity contribution < 1.29 is 19.4 Å². The standard InChI is InChI=1S/C29H46N2O4/c1-18(27(34)30-17-20-10-8-9-11-23(20)35-7)21-12-14-29(6)15-13-22(19(2)25(29)26(21)33)31-24(32)16-28(3,4)5/h8-11,18-19,21-22,25-26,33H,12-17H2,1-7H3,(H,30,34)(H,31,32)/t18-,19-,21-,22-,25+,26-,29+/m0/s1. The molecule has 1 aromatic carbocycles. The van der Waals surface area contributed by atoms with Crippen molar-refractivity contribution in [3.63, 3.8) is 0 Å². The van der Waals surface area contributed by atoms with Crippen LogP contribution in [0.2, 0.25) is 0 Å². The SMILES string of the molecule is COc1ccccc1CNC(=O)[C@@H](C)[C@@H]1CC[C@]2(C)CC[C@H](NC(=O)CC(C)(C)C)[C@H](C)[C@@H]2[C@H]1O. The van der Waals surface area contributed by atoms with Gasteiger partial charge in [-0.05, 0) is 60.3 Å². The van der Waals surface area contributed by atoms with Gasteiger partial charge in [-0.3, -0.25) is 9.59 Å². The lowest BCUT2D eigenvalue weighted by atomic mass is 9.51. The molecule has 0 saturated heterocycles. The van der Waals surface area contributed by atoms with Crippen LogP contribution in [0.15, 0.2) is 24.3 Å². The summed E-state index contributed by atoms with van der Waals surface area (Å²) in [5, 5.41) is 17.9. The van der Waals surface area contributed by atoms with Crippen LogP contribution in [0.25, 0.3) is 0 Å². The summed E-state index contributed by atoms with van der Waals surface area (Å²) in [5.41, 5.74) is 0.911. The molecule has 2 aliphatic carbocycles. The molecule has 35 heavy (non-hydrogen) atoms. The lowest BCUT2D eigenvalue weighted by Gasteiger charge is -2.56. The van der Waals surface area contributed by atoms with E-state index in [2.05, 4.69) is 45.3 Å². The minimum atomic E-state index is -0.571. The van der Waals surface area contributed by atoms with Gasteiger partial charge in [0.2, 0.25) is 11.8 Å². The summed E-state index contributed by atoms with van der Waals surface area (Å²) < 4.78 is 5.40. The number of methoxy groups -OCH3 is 1. The average molecular weight is 487 g/mol. The Morgan fingerprint density at radius 2 is 1.86 bits per heavy atom. The van der Waals surface area contributed by atoms with Crippen molar-refractivity contribution in [3.05, 3.63) is 29.8 Å². The Labute approximate surface area is 211 Å². The highest BCUT2D eigenvalue weighted by molar-refractivity contribution is 5.79. The maximum Gasteiger partial charge on any atom is 0.223 e. The number of benzene rings is 1. The topological polar surface area (TPSA) is 87.7 Å². The number of carbonyl (C=O) groups is 2. The second kappa shape index (κ2) is 10.9. The Bertz CT molecular complexity index is 895. The Kier molecular flexibility index (Phi) is 8.56. The van der Waals surface area contributed by atoms with Crippen molar-refractivity contribution in [3.8, 4) is 5.75 Å². The predicted octanol–water partition coefficient (Wildman–Crippen LogP) is 4.69. The van der Waals surface area contributed by atoms with Crippen molar-refractivity contribution in [1.29, 1.82) is 0 Å². The molecular formula is C29H46N2O4. The van der Waals surface area contributed by atoms with Gasteiger partial charge in [-0.1, -0.05) is 59.7 Å². The molecule has 3 N–H and O–H groups in total. The fourth-order valence-corrected chi connectivity index (χ4v) is 6.62. The zero-order valence-electron chi connectivity index (χ0n) is 22.7. The first-order valence-electron chi connectivity index (χ1n) is 13.2. The number of nitrogens with one attached hydrogen (secondary N) is 2. The Morgan fingerprint density at radius 1 is 1.20 bits per heavy atom. The van der Waals surface area contributed by atoms with Crippen LogP contribution in [0.1, 0.15) is 79.2 Å². The first-order chi connectivity index (χ1) is 16.4. The van der Waals surface area contributed by atoms with E-state index in [1.807, 2.05) is 31.2 Å². The van der Waals surface area contributed by atoms with E-state index in [9.17, 15) is 14.7 Å². The summed E-state index contributed by atoms with van der Waals surface area (Å²) in [6.45, 7) is 13.0. The molecule has 2 fully saturated rings. The molecule has 0 heterocycles. The molecular weight excluding hydrogens is 440 g/mol. The molecule has 2 saturated carbocycles. The van der Waals surface area contributed by atoms with Crippen LogP contribution in [0.4, 0.5) is 0 Å². The van der Waals surface area contributed by atoms with E-state index in [-0.39, 0.29) is 52.4 Å². The summed E-state index contributed by atoms with van der Waals surface area (Å²) in [6.07, 6.45) is 3.68. The van der Waals surface area contributed by atoms with Crippen molar-refractivity contribution in [2.24, 2.45) is 34.5 Å². The number of aliphatic hydroxyl groups excluding tert-OH is 1. The molecule has 0 aromatic heterocycles. The molecule has 0 unspecified atom stereocenters. The number of hydrogen-bond donors (Lipinski definition) is 3. The normalized spacial score (nSPS) is 31.7.